The SMILES string of the molecule is C/C(=C\C=C\[C@@H](C)COC(=O)N1CCC[C@@H]1CO)[C@@H](C=O)[C@@H](C)/C=C/[C@@H](CCCCCC=O)OC(=O)N1CCN(C)CC1. The molecule has 0 aliphatic carbocycles. The van der Waals surface area contributed by atoms with E-state index in [4.69, 9.17) is 9.47 Å². The number of carbonyl (C=O) groups is 4. The molecule has 2 aliphatic rings. The van der Waals surface area contributed by atoms with E-state index in [9.17, 15) is 24.3 Å². The predicted molar refractivity (Wildman–Crippen MR) is 167 cm³/mol. The molecule has 0 aromatic carbocycles. The summed E-state index contributed by atoms with van der Waals surface area (Å²) in [6.45, 7) is 9.52. The van der Waals surface area contributed by atoms with Crippen LogP contribution in [0.2, 0.25) is 0 Å². The Morgan fingerprint density at radius 3 is 2.40 bits per heavy atom. The minimum Gasteiger partial charge on any atom is -0.449 e. The number of unbranched alkanes of at least 4 members (excludes halogenated alkanes) is 3. The highest BCUT2D eigenvalue weighted by atomic mass is 16.6. The number of likely N-dealkylation sites (N-methyl/N-ethyl adjacent to an activating group) is 1. The molecule has 0 unspecified atom stereocenters. The smallest absolute Gasteiger partial charge is 0.410 e. The molecule has 2 heterocycles. The van der Waals surface area contributed by atoms with E-state index in [1.54, 1.807) is 9.80 Å². The third-order valence-electron chi connectivity index (χ3n) is 8.28. The molecule has 2 amide bonds. The second kappa shape index (κ2) is 20.1. The first-order chi connectivity index (χ1) is 20.7. The van der Waals surface area contributed by atoms with Gasteiger partial charge in [0.05, 0.1) is 19.3 Å². The molecule has 242 valence electrons. The Morgan fingerprint density at radius 2 is 1.72 bits per heavy atom. The lowest BCUT2D eigenvalue weighted by Crippen LogP contribution is -2.47. The molecule has 0 saturated carbocycles. The van der Waals surface area contributed by atoms with Gasteiger partial charge in [-0.05, 0) is 58.1 Å². The normalized spacial score (nSPS) is 21.1. The van der Waals surface area contributed by atoms with Crippen molar-refractivity contribution >= 4 is 24.8 Å². The van der Waals surface area contributed by atoms with Crippen LogP contribution < -0.4 is 0 Å². The summed E-state index contributed by atoms with van der Waals surface area (Å²) in [6.07, 6.45) is 15.7. The van der Waals surface area contributed by atoms with Crippen LogP contribution in [0.15, 0.2) is 36.0 Å². The molecule has 2 rings (SSSR count). The molecule has 10 heteroatoms. The van der Waals surface area contributed by atoms with Crippen LogP contribution in [0, 0.1) is 17.8 Å². The van der Waals surface area contributed by atoms with E-state index >= 15 is 0 Å². The summed E-state index contributed by atoms with van der Waals surface area (Å²) in [5, 5.41) is 9.42. The van der Waals surface area contributed by atoms with E-state index in [0.717, 1.165) is 63.3 Å². The summed E-state index contributed by atoms with van der Waals surface area (Å²) >= 11 is 0. The molecule has 2 aliphatic heterocycles. The van der Waals surface area contributed by atoms with Crippen molar-refractivity contribution in [2.24, 2.45) is 17.8 Å². The average molecular weight is 604 g/mol. The molecule has 0 bridgehead atoms. The number of amides is 2. The standard InChI is InChI=1S/C33H53N3O7/c1-26(25-42-33(41)36-17-10-13-29(36)23-38)11-9-12-27(2)31(24-39)28(3)15-16-30(14-7-5-6-8-22-37)43-32(40)35-20-18-34(4)19-21-35/h9,11-12,15-16,22,24,26,28-31,38H,5-8,10,13-14,17-21,23,25H2,1-4H3/b11-9+,16-15+,27-12+/t26-,28+,29-,30-,31-/m1/s1. The Hall–Kier alpha value is -2.98. The summed E-state index contributed by atoms with van der Waals surface area (Å²) in [5.41, 5.74) is 0.898. The molecule has 0 aromatic rings. The number of piperazine rings is 1. The molecule has 43 heavy (non-hydrogen) atoms. The number of aliphatic hydroxyl groups is 1. The van der Waals surface area contributed by atoms with Crippen molar-refractivity contribution in [1.82, 2.24) is 14.7 Å². The Labute approximate surface area is 257 Å². The summed E-state index contributed by atoms with van der Waals surface area (Å²) in [5.74, 6) is -0.473. The van der Waals surface area contributed by atoms with E-state index < -0.39 is 12.2 Å². The fourth-order valence-corrected chi connectivity index (χ4v) is 5.32. The first-order valence-corrected chi connectivity index (χ1v) is 15.8. The van der Waals surface area contributed by atoms with Crippen LogP contribution in [-0.4, -0.2) is 110 Å². The highest BCUT2D eigenvalue weighted by molar-refractivity contribution is 5.68. The second-order valence-corrected chi connectivity index (χ2v) is 11.9. The lowest BCUT2D eigenvalue weighted by Gasteiger charge is -2.32. The zero-order chi connectivity index (χ0) is 31.6. The molecular weight excluding hydrogens is 550 g/mol. The van der Waals surface area contributed by atoms with Gasteiger partial charge in [0.1, 0.15) is 18.7 Å². The van der Waals surface area contributed by atoms with Crippen molar-refractivity contribution in [2.75, 3.05) is 53.0 Å². The molecule has 5 atom stereocenters. The lowest BCUT2D eigenvalue weighted by molar-refractivity contribution is -0.111. The van der Waals surface area contributed by atoms with Crippen molar-refractivity contribution in [2.45, 2.75) is 77.9 Å². The van der Waals surface area contributed by atoms with Crippen molar-refractivity contribution < 1.29 is 33.8 Å². The average Bonchev–Trinajstić information content (AvgIpc) is 3.48. The van der Waals surface area contributed by atoms with E-state index in [0.29, 0.717) is 32.5 Å². The third-order valence-corrected chi connectivity index (χ3v) is 8.28. The molecule has 0 spiro atoms. The monoisotopic (exact) mass is 603 g/mol. The number of ether oxygens (including phenoxy) is 2. The lowest BCUT2D eigenvalue weighted by atomic mass is 9.88. The van der Waals surface area contributed by atoms with Gasteiger partial charge in [0.25, 0.3) is 0 Å². The number of carbonyl (C=O) groups excluding carboxylic acids is 4. The van der Waals surface area contributed by atoms with Crippen LogP contribution in [0.3, 0.4) is 0 Å². The Morgan fingerprint density at radius 1 is 0.977 bits per heavy atom. The number of hydrogen-bond donors (Lipinski definition) is 1. The van der Waals surface area contributed by atoms with Crippen molar-refractivity contribution in [3.63, 3.8) is 0 Å². The van der Waals surface area contributed by atoms with E-state index in [-0.39, 0.29) is 43.1 Å². The number of aldehydes is 2. The maximum absolute atomic E-state index is 12.8. The minimum atomic E-state index is -0.404. The van der Waals surface area contributed by atoms with Gasteiger partial charge >= 0.3 is 12.2 Å². The van der Waals surface area contributed by atoms with Gasteiger partial charge in [-0.3, -0.25) is 0 Å². The summed E-state index contributed by atoms with van der Waals surface area (Å²) in [7, 11) is 2.03. The fourth-order valence-electron chi connectivity index (χ4n) is 5.32. The van der Waals surface area contributed by atoms with Crippen LogP contribution in [-0.2, 0) is 19.1 Å². The first kappa shape index (κ1) is 36.2. The molecular formula is C33H53N3O7. The van der Waals surface area contributed by atoms with Gasteiger partial charge in [0, 0.05) is 51.0 Å². The van der Waals surface area contributed by atoms with Crippen molar-refractivity contribution in [3.8, 4) is 0 Å². The Kier molecular flexibility index (Phi) is 16.9. The molecule has 1 N–H and O–H groups in total. The van der Waals surface area contributed by atoms with Crippen molar-refractivity contribution in [3.05, 3.63) is 36.0 Å². The Bertz CT molecular complexity index is 958. The van der Waals surface area contributed by atoms with Crippen LogP contribution >= 0.6 is 0 Å². The maximum Gasteiger partial charge on any atom is 0.410 e. The van der Waals surface area contributed by atoms with Crippen LogP contribution in [0.25, 0.3) is 0 Å². The maximum atomic E-state index is 12.8. The topological polar surface area (TPSA) is 117 Å². The number of allylic oxidation sites excluding steroid dienone is 4. The van der Waals surface area contributed by atoms with Gasteiger partial charge < -0.3 is 38.9 Å². The van der Waals surface area contributed by atoms with Crippen LogP contribution in [0.1, 0.15) is 65.7 Å². The zero-order valence-electron chi connectivity index (χ0n) is 26.6. The highest BCUT2D eigenvalue weighted by Gasteiger charge is 2.29. The van der Waals surface area contributed by atoms with Gasteiger partial charge in [-0.15, -0.1) is 0 Å². The van der Waals surface area contributed by atoms with E-state index in [2.05, 4.69) is 4.90 Å². The summed E-state index contributed by atoms with van der Waals surface area (Å²) in [4.78, 5) is 53.4. The molecule has 2 saturated heterocycles. The Balaban J connectivity index is 1.93. The van der Waals surface area contributed by atoms with E-state index in [1.807, 2.05) is 58.2 Å². The zero-order valence-corrected chi connectivity index (χ0v) is 26.6. The molecule has 0 aromatic heterocycles. The van der Waals surface area contributed by atoms with Crippen molar-refractivity contribution in [1.29, 1.82) is 0 Å². The molecule has 2 fully saturated rings. The molecule has 10 nitrogen and oxygen atoms in total. The van der Waals surface area contributed by atoms with E-state index in [1.165, 1.54) is 0 Å². The predicted octanol–water partition coefficient (Wildman–Crippen LogP) is 4.63. The van der Waals surface area contributed by atoms with Crippen LogP contribution in [0.5, 0.6) is 0 Å². The van der Waals surface area contributed by atoms with Crippen LogP contribution in [0.4, 0.5) is 9.59 Å². The summed E-state index contributed by atoms with van der Waals surface area (Å²) in [6, 6.07) is -0.159. The van der Waals surface area contributed by atoms with Gasteiger partial charge in [-0.25, -0.2) is 9.59 Å². The first-order valence-electron chi connectivity index (χ1n) is 15.8. The number of hydrogen-bond acceptors (Lipinski definition) is 8. The van der Waals surface area contributed by atoms with Gasteiger partial charge in [0.15, 0.2) is 0 Å². The van der Waals surface area contributed by atoms with Gasteiger partial charge in [0.2, 0.25) is 0 Å². The number of rotatable bonds is 17. The minimum absolute atomic E-state index is 0.0162. The fraction of sp³-hybridized carbons (Fsp3) is 0.697. The third kappa shape index (κ3) is 13.0. The molecule has 0 radical (unpaired) electrons. The number of nitrogens with zero attached hydrogens (tertiary/aromatic N) is 3. The van der Waals surface area contributed by atoms with Gasteiger partial charge in [-0.2, -0.15) is 0 Å². The highest BCUT2D eigenvalue weighted by Crippen LogP contribution is 2.22. The van der Waals surface area contributed by atoms with Gasteiger partial charge in [-0.1, -0.05) is 50.1 Å². The largest absolute Gasteiger partial charge is 0.449 e. The number of likely N-dealkylation sites (tertiary alicyclic amines) is 1. The quantitative estimate of drug-likeness (QED) is 0.111. The number of aliphatic hydroxyl groups excluding tert-OH is 1. The summed E-state index contributed by atoms with van der Waals surface area (Å²) < 4.78 is 11.3. The second-order valence-electron chi connectivity index (χ2n) is 11.9.